The fourth-order valence-corrected chi connectivity index (χ4v) is 4.92. The number of nitrogens with one attached hydrogen (secondary N) is 1. The third kappa shape index (κ3) is 3.35. The van der Waals surface area contributed by atoms with Gasteiger partial charge in [-0.1, -0.05) is 25.5 Å². The molecule has 0 amide bonds. The van der Waals surface area contributed by atoms with Crippen LogP contribution in [0.15, 0.2) is 36.7 Å². The zero-order valence-electron chi connectivity index (χ0n) is 15.8. The van der Waals surface area contributed by atoms with E-state index in [0.29, 0.717) is 12.0 Å². The van der Waals surface area contributed by atoms with E-state index < -0.39 is 0 Å². The second-order valence-corrected chi connectivity index (χ2v) is 7.72. The minimum Gasteiger partial charge on any atom is -0.497 e. The van der Waals surface area contributed by atoms with Gasteiger partial charge >= 0.3 is 0 Å². The van der Waals surface area contributed by atoms with Crippen molar-refractivity contribution in [1.29, 1.82) is 0 Å². The van der Waals surface area contributed by atoms with Crippen LogP contribution in [0, 0.1) is 11.8 Å². The SMILES string of the molecule is CCCc1ncc(CN[C@@H]2[C@@H]3CCC[C@H]3[C@H]2c2ccc(OC)cc2)cn1. The van der Waals surface area contributed by atoms with E-state index in [1.807, 2.05) is 12.4 Å². The summed E-state index contributed by atoms with van der Waals surface area (Å²) in [5, 5.41) is 3.82. The molecule has 1 heterocycles. The van der Waals surface area contributed by atoms with E-state index in [1.165, 1.54) is 30.4 Å². The van der Waals surface area contributed by atoms with Gasteiger partial charge in [0.1, 0.15) is 11.6 Å². The molecule has 1 aromatic heterocycles. The summed E-state index contributed by atoms with van der Waals surface area (Å²) >= 11 is 0. The largest absolute Gasteiger partial charge is 0.497 e. The maximum atomic E-state index is 5.32. The molecule has 4 rings (SSSR count). The second-order valence-electron chi connectivity index (χ2n) is 7.72. The van der Waals surface area contributed by atoms with Crippen molar-refractivity contribution in [3.8, 4) is 5.75 Å². The lowest BCUT2D eigenvalue weighted by atomic mass is 9.60. The van der Waals surface area contributed by atoms with E-state index in [2.05, 4.69) is 46.5 Å². The van der Waals surface area contributed by atoms with Crippen LogP contribution in [0.4, 0.5) is 0 Å². The first-order chi connectivity index (χ1) is 12.8. The summed E-state index contributed by atoms with van der Waals surface area (Å²) in [5.41, 5.74) is 2.63. The Bertz CT molecular complexity index is 713. The second kappa shape index (κ2) is 7.75. The third-order valence-electron chi connectivity index (χ3n) is 6.21. The van der Waals surface area contributed by atoms with Gasteiger partial charge in [-0.15, -0.1) is 0 Å². The van der Waals surface area contributed by atoms with Crippen molar-refractivity contribution in [3.63, 3.8) is 0 Å². The van der Waals surface area contributed by atoms with Gasteiger partial charge in [-0.3, -0.25) is 0 Å². The number of benzene rings is 1. The normalized spacial score (nSPS) is 27.0. The van der Waals surface area contributed by atoms with E-state index in [4.69, 9.17) is 4.74 Å². The maximum Gasteiger partial charge on any atom is 0.128 e. The highest BCUT2D eigenvalue weighted by atomic mass is 16.5. The van der Waals surface area contributed by atoms with Gasteiger partial charge in [0.25, 0.3) is 0 Å². The van der Waals surface area contributed by atoms with Crippen LogP contribution >= 0.6 is 0 Å². The molecule has 2 aliphatic carbocycles. The molecule has 0 spiro atoms. The maximum absolute atomic E-state index is 5.32. The van der Waals surface area contributed by atoms with Crippen LogP contribution in [0.25, 0.3) is 0 Å². The van der Waals surface area contributed by atoms with Gasteiger partial charge in [0, 0.05) is 42.9 Å². The molecule has 1 N–H and O–H groups in total. The molecule has 26 heavy (non-hydrogen) atoms. The van der Waals surface area contributed by atoms with E-state index >= 15 is 0 Å². The standard InChI is InChI=1S/C22H29N3O/c1-3-5-20-23-12-15(13-24-20)14-25-22-19-7-4-6-18(19)21(22)16-8-10-17(26-2)11-9-16/h8-13,18-19,21-22,25H,3-7,14H2,1-2H3/t18-,19-,21-,22-/m1/s1. The number of aryl methyl sites for hydroxylation is 1. The summed E-state index contributed by atoms with van der Waals surface area (Å²) in [6.45, 7) is 3.01. The highest BCUT2D eigenvalue weighted by Crippen LogP contribution is 2.56. The van der Waals surface area contributed by atoms with Crippen molar-refractivity contribution in [2.75, 3.05) is 7.11 Å². The molecule has 2 fully saturated rings. The van der Waals surface area contributed by atoms with Gasteiger partial charge in [0.15, 0.2) is 0 Å². The minimum absolute atomic E-state index is 0.561. The smallest absolute Gasteiger partial charge is 0.128 e. The Morgan fingerprint density at radius 2 is 1.81 bits per heavy atom. The number of ether oxygens (including phenoxy) is 1. The molecular formula is C22H29N3O. The zero-order chi connectivity index (χ0) is 17.9. The molecule has 4 atom stereocenters. The quantitative estimate of drug-likeness (QED) is 0.815. The van der Waals surface area contributed by atoms with Crippen LogP contribution in [0.1, 0.15) is 55.5 Å². The van der Waals surface area contributed by atoms with Crippen molar-refractivity contribution < 1.29 is 4.74 Å². The highest BCUT2D eigenvalue weighted by Gasteiger charge is 2.52. The highest BCUT2D eigenvalue weighted by molar-refractivity contribution is 5.34. The Hall–Kier alpha value is -1.94. The van der Waals surface area contributed by atoms with Gasteiger partial charge in [-0.2, -0.15) is 0 Å². The molecule has 0 saturated heterocycles. The number of fused-ring (bicyclic) bond motifs is 1. The Kier molecular flexibility index (Phi) is 5.21. The fraction of sp³-hybridized carbons (Fsp3) is 0.545. The number of nitrogens with zero attached hydrogens (tertiary/aromatic N) is 2. The van der Waals surface area contributed by atoms with Crippen LogP contribution in [0.3, 0.4) is 0 Å². The Balaban J connectivity index is 1.43. The van der Waals surface area contributed by atoms with Gasteiger partial charge in [0.2, 0.25) is 0 Å². The van der Waals surface area contributed by atoms with Gasteiger partial charge < -0.3 is 10.1 Å². The first-order valence-electron chi connectivity index (χ1n) is 9.97. The van der Waals surface area contributed by atoms with E-state index in [1.54, 1.807) is 7.11 Å². The van der Waals surface area contributed by atoms with E-state index in [-0.39, 0.29) is 0 Å². The molecule has 1 aromatic carbocycles. The molecule has 0 aliphatic heterocycles. The molecular weight excluding hydrogens is 322 g/mol. The summed E-state index contributed by atoms with van der Waals surface area (Å²) in [5.74, 6) is 4.16. The first kappa shape index (κ1) is 17.5. The number of hydrogen-bond acceptors (Lipinski definition) is 4. The van der Waals surface area contributed by atoms with Gasteiger partial charge in [0.05, 0.1) is 7.11 Å². The van der Waals surface area contributed by atoms with Crippen LogP contribution < -0.4 is 10.1 Å². The van der Waals surface area contributed by atoms with E-state index in [0.717, 1.165) is 42.8 Å². The molecule has 0 radical (unpaired) electrons. The predicted molar refractivity (Wildman–Crippen MR) is 103 cm³/mol. The number of rotatable bonds is 7. The van der Waals surface area contributed by atoms with Crippen LogP contribution in [0.2, 0.25) is 0 Å². The number of aromatic nitrogens is 2. The van der Waals surface area contributed by atoms with Crippen molar-refractivity contribution in [2.24, 2.45) is 11.8 Å². The summed E-state index contributed by atoms with van der Waals surface area (Å²) in [6, 6.07) is 9.24. The molecule has 0 bridgehead atoms. The van der Waals surface area contributed by atoms with Gasteiger partial charge in [-0.25, -0.2) is 9.97 Å². The van der Waals surface area contributed by atoms with Gasteiger partial charge in [-0.05, 0) is 48.8 Å². The Morgan fingerprint density at radius 1 is 1.08 bits per heavy atom. The average Bonchev–Trinajstić information content (AvgIpc) is 3.08. The lowest BCUT2D eigenvalue weighted by Crippen LogP contribution is -2.54. The topological polar surface area (TPSA) is 47.0 Å². The molecule has 138 valence electrons. The molecule has 4 nitrogen and oxygen atoms in total. The molecule has 0 unspecified atom stereocenters. The average molecular weight is 351 g/mol. The summed E-state index contributed by atoms with van der Waals surface area (Å²) in [6.07, 6.45) is 10.1. The Morgan fingerprint density at radius 3 is 2.50 bits per heavy atom. The monoisotopic (exact) mass is 351 g/mol. The summed E-state index contributed by atoms with van der Waals surface area (Å²) in [4.78, 5) is 8.98. The van der Waals surface area contributed by atoms with E-state index in [9.17, 15) is 0 Å². The predicted octanol–water partition coefficient (Wildman–Crippen LogP) is 4.11. The molecule has 2 aromatic rings. The van der Waals surface area contributed by atoms with Crippen molar-refractivity contribution in [2.45, 2.75) is 57.5 Å². The third-order valence-corrected chi connectivity index (χ3v) is 6.21. The van der Waals surface area contributed by atoms with Crippen LogP contribution in [-0.4, -0.2) is 23.1 Å². The molecule has 4 heteroatoms. The Labute approximate surface area is 156 Å². The van der Waals surface area contributed by atoms with Crippen molar-refractivity contribution in [3.05, 3.63) is 53.6 Å². The zero-order valence-corrected chi connectivity index (χ0v) is 15.8. The summed E-state index contributed by atoms with van der Waals surface area (Å²) < 4.78 is 5.32. The molecule has 2 saturated carbocycles. The van der Waals surface area contributed by atoms with Crippen LogP contribution in [0.5, 0.6) is 5.75 Å². The molecule has 2 aliphatic rings. The summed E-state index contributed by atoms with van der Waals surface area (Å²) in [7, 11) is 1.73. The lowest BCUT2D eigenvalue weighted by molar-refractivity contribution is 0.0940. The first-order valence-corrected chi connectivity index (χ1v) is 9.97. The lowest BCUT2D eigenvalue weighted by Gasteiger charge is -2.50. The van der Waals surface area contributed by atoms with Crippen LogP contribution in [-0.2, 0) is 13.0 Å². The van der Waals surface area contributed by atoms with Crippen molar-refractivity contribution in [1.82, 2.24) is 15.3 Å². The fourth-order valence-electron chi connectivity index (χ4n) is 4.92. The number of methoxy groups -OCH3 is 1. The number of hydrogen-bond donors (Lipinski definition) is 1. The minimum atomic E-state index is 0.561. The van der Waals surface area contributed by atoms with Crippen molar-refractivity contribution >= 4 is 0 Å².